The fourth-order valence-corrected chi connectivity index (χ4v) is 18.1. The molecule has 3 saturated heterocycles. The Morgan fingerprint density at radius 3 is 1.33 bits per heavy atom. The van der Waals surface area contributed by atoms with Gasteiger partial charge in [0.1, 0.15) is 11.6 Å². The highest BCUT2D eigenvalue weighted by Crippen LogP contribution is 2.38. The van der Waals surface area contributed by atoms with E-state index in [9.17, 15) is 28.8 Å². The second-order valence-electron chi connectivity index (χ2n) is 34.7. The van der Waals surface area contributed by atoms with Crippen molar-refractivity contribution in [3.63, 3.8) is 0 Å². The highest BCUT2D eigenvalue weighted by molar-refractivity contribution is 5.96. The van der Waals surface area contributed by atoms with E-state index in [1.54, 1.807) is 105 Å². The van der Waals surface area contributed by atoms with Crippen LogP contribution in [0.4, 0.5) is 61.3 Å². The summed E-state index contributed by atoms with van der Waals surface area (Å²) in [6.45, 7) is 16.6. The highest BCUT2D eigenvalue weighted by atomic mass is 19.1. The molecule has 2 atom stereocenters. The molecule has 5 aromatic carbocycles. The van der Waals surface area contributed by atoms with E-state index < -0.39 is 0 Å². The van der Waals surface area contributed by atoms with Crippen molar-refractivity contribution in [1.29, 1.82) is 0 Å². The maximum absolute atomic E-state index is 15.0. The highest BCUT2D eigenvalue weighted by Gasteiger charge is 2.30. The summed E-state index contributed by atoms with van der Waals surface area (Å²) in [6.07, 6.45) is 27.1. The molecule has 3 aliphatic heterocycles. The van der Waals surface area contributed by atoms with Crippen molar-refractivity contribution in [3.8, 4) is 50.8 Å². The number of likely N-dealkylation sites (N-methyl/N-ethyl adjacent to an activating group) is 1. The summed E-state index contributed by atoms with van der Waals surface area (Å²) < 4.78 is 28.4. The third-order valence-corrected chi connectivity index (χ3v) is 25.5. The van der Waals surface area contributed by atoms with Crippen LogP contribution in [-0.2, 0) is 6.42 Å². The number of imidazole rings is 4. The number of aromatic nitrogens is 13. The van der Waals surface area contributed by atoms with Crippen LogP contribution >= 0.6 is 0 Å². The van der Waals surface area contributed by atoms with Gasteiger partial charge in [0.05, 0.1) is 58.3 Å². The van der Waals surface area contributed by atoms with Crippen LogP contribution in [-0.4, -0.2) is 180 Å². The minimum Gasteiger partial charge on any atom is -0.496 e. The fourth-order valence-electron chi connectivity index (χ4n) is 18.1. The first-order valence-corrected chi connectivity index (χ1v) is 46.1. The number of rotatable bonds is 22. The second-order valence-corrected chi connectivity index (χ2v) is 34.7. The van der Waals surface area contributed by atoms with Crippen LogP contribution in [0.2, 0.25) is 0 Å². The number of hydrogen-bond acceptors (Lipinski definition) is 20. The number of amides is 2. The zero-order valence-corrected chi connectivity index (χ0v) is 77.2. The Morgan fingerprint density at radius 1 is 0.464 bits per heavy atom. The fraction of sp³-hybridized carbons (Fsp3) is 0.206. The van der Waals surface area contributed by atoms with Crippen molar-refractivity contribution in [1.82, 2.24) is 82.5 Å². The van der Waals surface area contributed by atoms with Crippen LogP contribution in [0.25, 0.3) is 67.6 Å². The quantitative estimate of drug-likeness (QED) is 0.0304. The number of aromatic amines is 4. The van der Waals surface area contributed by atoms with Gasteiger partial charge in [-0.1, -0.05) is 24.3 Å². The Kier molecular flexibility index (Phi) is 27.8. The number of piperazine rings is 2. The molecular formula is C107H106FN23O7. The number of nitrogens with zero attached hydrogens (tertiary/aromatic N) is 14. The number of para-hydroxylation sites is 1. The van der Waals surface area contributed by atoms with Gasteiger partial charge in [-0.05, 0) is 247 Å². The SMILES string of the molecule is CC(C)N1CCN(c2ccc(Nc3ccc(-c4cc[nH]c(=O)c4)n4ccnc34)cc2F)CC1.COc1ccccc1C1CCN(C(=O)c2ccc(Nc3ccc(-c4cc[nH]c(=O)c4)n4ccnc34)cc2)CC1.C[C@@H]1CN(C)[C@@H](C)CN1c1ccc(Nc2ccc(-c3cc[nH]c(=O)c3)n3ccnc23)cc1.O=C(NCCc1cccnc1)c1ccc(Nc2ccc(-c3cc[nH]c(=O)c3)n3ccnc23)cc1. The molecular weight excluding hydrogens is 1740 g/mol. The van der Waals surface area contributed by atoms with Gasteiger partial charge >= 0.3 is 0 Å². The first-order chi connectivity index (χ1) is 67.3. The van der Waals surface area contributed by atoms with Crippen LogP contribution in [0.3, 0.4) is 0 Å². The molecule has 138 heavy (non-hydrogen) atoms. The predicted octanol–water partition coefficient (Wildman–Crippen LogP) is 17.3. The number of fused-ring (bicyclic) bond motifs is 4. The molecule has 698 valence electrons. The molecule has 21 rings (SSSR count). The van der Waals surface area contributed by atoms with Crippen LogP contribution < -0.4 is 63.4 Å². The van der Waals surface area contributed by atoms with E-state index in [1.807, 2.05) is 199 Å². The smallest absolute Gasteiger partial charge is 0.253 e. The van der Waals surface area contributed by atoms with Gasteiger partial charge in [0.2, 0.25) is 22.2 Å². The lowest BCUT2D eigenvalue weighted by Crippen LogP contribution is -2.55. The van der Waals surface area contributed by atoms with E-state index in [0.29, 0.717) is 58.7 Å². The number of hydrogen-bond donors (Lipinski definition) is 9. The van der Waals surface area contributed by atoms with E-state index in [-0.39, 0.29) is 39.9 Å². The summed E-state index contributed by atoms with van der Waals surface area (Å²) in [6, 6.07) is 71.6. The summed E-state index contributed by atoms with van der Waals surface area (Å²) in [5.74, 6) is 1.01. The molecule has 2 amide bonds. The zero-order chi connectivity index (χ0) is 95.3. The number of H-pyrrole nitrogens is 4. The second kappa shape index (κ2) is 41.8. The lowest BCUT2D eigenvalue weighted by molar-refractivity contribution is 0.0712. The number of methoxy groups -OCH3 is 1. The summed E-state index contributed by atoms with van der Waals surface area (Å²) in [4.78, 5) is 117. The average molecular weight is 1850 g/mol. The maximum Gasteiger partial charge on any atom is 0.253 e. The normalized spacial score (nSPS) is 14.7. The number of carbonyl (C=O) groups excluding carboxylic acids is 2. The third kappa shape index (κ3) is 21.1. The molecule has 3 fully saturated rings. The minimum atomic E-state index is -0.238. The van der Waals surface area contributed by atoms with Crippen molar-refractivity contribution < 1.29 is 18.7 Å². The van der Waals surface area contributed by atoms with Crippen molar-refractivity contribution >= 4 is 91.3 Å². The molecule has 30 nitrogen and oxygen atoms in total. The Bertz CT molecular complexity index is 7580. The predicted molar refractivity (Wildman–Crippen MR) is 543 cm³/mol. The molecule has 0 spiro atoms. The van der Waals surface area contributed by atoms with E-state index in [1.165, 1.54) is 17.3 Å². The topological polar surface area (TPSA) is 333 Å². The number of nitrogens with one attached hydrogen (secondary N) is 9. The van der Waals surface area contributed by atoms with Gasteiger partial charge in [0.15, 0.2) is 22.6 Å². The molecule has 0 bridgehead atoms. The number of likely N-dealkylation sites (tertiary alicyclic amines) is 1. The van der Waals surface area contributed by atoms with Gasteiger partial charge in [-0.25, -0.2) is 24.3 Å². The number of benzene rings is 5. The molecule has 31 heteroatoms. The average Bonchev–Trinajstić information content (AvgIpc) is 1.59. The molecule has 0 radical (unpaired) electrons. The van der Waals surface area contributed by atoms with Crippen molar-refractivity contribution in [2.45, 2.75) is 71.0 Å². The molecule has 0 saturated carbocycles. The van der Waals surface area contributed by atoms with Crippen LogP contribution in [0.15, 0.2) is 330 Å². The Balaban J connectivity index is 0.000000123. The first-order valence-electron chi connectivity index (χ1n) is 46.1. The van der Waals surface area contributed by atoms with Gasteiger partial charge in [0, 0.05) is 250 Å². The standard InChI is InChI=1S/C31H29N5O3.C26H22N6O2.C25H27FN6O.C25H28N6O/c1-39-28-5-3-2-4-25(28)21-13-17-35(18-14-21)31(38)22-6-8-24(9-7-22)34-26-10-11-27(36-19-16-33-30(26)36)23-12-15-32-29(37)20-23;33-24-16-20(10-13-28-24)23-8-7-22(25-29-14-15-32(23)25)31-21-5-3-19(4-6-21)26(34)30-12-9-18-2-1-11-27-17-18;1-17(2)30-11-13-31(14-12-30)23-5-3-19(16-20(23)26)29-21-4-6-22(32-10-9-28-25(21)32)18-7-8-27-24(33)15-18;1-17-16-31(18(2)15-29(17)3)21-6-4-20(5-7-21)28-22-8-9-23(30-13-12-27-25(22)30)19-10-11-26-24(32)14-19/h2-12,15-16,19-21,34H,13-14,17-18H2,1H3,(H,32,37);1-8,10-11,13-17,31H,9,12H2,(H,28,33)(H,30,34);3-10,15-17,29H,11-14H2,1-2H3,(H,27,33);4-14,17-18,28H,15-16H2,1-3H3,(H,26,32)/t;;;17-,18+/m...0/s1. The van der Waals surface area contributed by atoms with E-state index in [2.05, 4.69) is 156 Å². The molecule has 18 aromatic rings. The minimum absolute atomic E-state index is 0.0536. The van der Waals surface area contributed by atoms with Crippen molar-refractivity contribution in [2.75, 3.05) is 104 Å². The number of anilines is 10. The van der Waals surface area contributed by atoms with Gasteiger partial charge in [-0.15, -0.1) is 0 Å². The summed E-state index contributed by atoms with van der Waals surface area (Å²) in [7, 11) is 3.90. The molecule has 9 N–H and O–H groups in total. The number of ether oxygens (including phenoxy) is 1. The van der Waals surface area contributed by atoms with Crippen molar-refractivity contribution in [2.24, 2.45) is 0 Å². The van der Waals surface area contributed by atoms with Gasteiger partial charge in [-0.3, -0.25) is 61.2 Å². The number of piperidine rings is 1. The lowest BCUT2D eigenvalue weighted by atomic mass is 9.88. The molecule has 0 aliphatic carbocycles. The van der Waals surface area contributed by atoms with Crippen LogP contribution in [0, 0.1) is 5.82 Å². The van der Waals surface area contributed by atoms with Crippen LogP contribution in [0.1, 0.15) is 78.3 Å². The van der Waals surface area contributed by atoms with Gasteiger partial charge in [0.25, 0.3) is 11.8 Å². The molecule has 3 aliphatic rings. The van der Waals surface area contributed by atoms with E-state index >= 15 is 4.39 Å². The Labute approximate surface area is 794 Å². The monoisotopic (exact) mass is 1840 g/mol. The summed E-state index contributed by atoms with van der Waals surface area (Å²) >= 11 is 0. The lowest BCUT2D eigenvalue weighted by Gasteiger charge is -2.43. The summed E-state index contributed by atoms with van der Waals surface area (Å²) in [5.41, 5.74) is 21.3. The molecule has 16 heterocycles. The van der Waals surface area contributed by atoms with Crippen LogP contribution in [0.5, 0.6) is 5.75 Å². The molecule has 0 unspecified atom stereocenters. The first kappa shape index (κ1) is 91.7. The Morgan fingerprint density at radius 2 is 0.899 bits per heavy atom. The third-order valence-electron chi connectivity index (χ3n) is 25.5. The number of halogens is 1. The van der Waals surface area contributed by atoms with E-state index in [4.69, 9.17) is 4.74 Å². The van der Waals surface area contributed by atoms with Gasteiger partial charge in [-0.2, -0.15) is 0 Å². The largest absolute Gasteiger partial charge is 0.496 e. The number of pyridine rings is 9. The molecule has 13 aromatic heterocycles. The maximum atomic E-state index is 15.0. The van der Waals surface area contributed by atoms with E-state index in [0.717, 1.165) is 185 Å². The Hall–Kier alpha value is -16.8. The zero-order valence-electron chi connectivity index (χ0n) is 77.2. The van der Waals surface area contributed by atoms with Gasteiger partial charge < -0.3 is 66.0 Å². The summed E-state index contributed by atoms with van der Waals surface area (Å²) in [5, 5.41) is 16.5. The van der Waals surface area contributed by atoms with Crippen molar-refractivity contribution in [3.05, 3.63) is 381 Å². The number of carbonyl (C=O) groups is 2.